The molecule has 0 spiro atoms. The molecule has 262 valence electrons. The molecular weight excluding hydrogens is 683 g/mol. The van der Waals surface area contributed by atoms with Crippen molar-refractivity contribution in [3.8, 4) is 56.7 Å². The predicted octanol–water partition coefficient (Wildman–Crippen LogP) is 12.7. The van der Waals surface area contributed by atoms with E-state index < -0.39 is 118 Å². The van der Waals surface area contributed by atoms with Gasteiger partial charge in [-0.25, -0.2) is 4.98 Å². The lowest BCUT2D eigenvalue weighted by Crippen LogP contribution is -2.06. The molecule has 3 aromatic heterocycles. The zero-order valence-corrected chi connectivity index (χ0v) is 29.2. The first-order valence-electron chi connectivity index (χ1n) is 24.7. The summed E-state index contributed by atoms with van der Waals surface area (Å²) in [4.78, 5) is 14.2. The number of hydrogen-bond donors (Lipinski definition) is 0. The van der Waals surface area contributed by atoms with E-state index in [4.69, 9.17) is 26.4 Å². The summed E-state index contributed by atoms with van der Waals surface area (Å²) in [5.74, 6) is -1.05. The van der Waals surface area contributed by atoms with E-state index >= 15 is 0 Å². The highest BCUT2D eigenvalue weighted by atomic mass is 15.2. The Kier molecular flexibility index (Phi) is 4.83. The van der Waals surface area contributed by atoms with Crippen LogP contribution in [-0.2, 0) is 0 Å². The lowest BCUT2D eigenvalue weighted by atomic mass is 10.0. The van der Waals surface area contributed by atoms with Gasteiger partial charge in [0.15, 0.2) is 11.6 Å². The minimum atomic E-state index is -0.760. The van der Waals surface area contributed by atoms with Crippen LogP contribution in [0.4, 0.5) is 0 Å². The van der Waals surface area contributed by atoms with E-state index in [-0.39, 0.29) is 5.95 Å². The van der Waals surface area contributed by atoms with Crippen LogP contribution in [0.5, 0.6) is 0 Å². The molecule has 0 bridgehead atoms. The van der Waals surface area contributed by atoms with E-state index in [2.05, 4.69) is 45.9 Å². The monoisotopic (exact) mass is 729 g/mol. The Morgan fingerprint density at radius 3 is 1.68 bits per heavy atom. The Labute approximate surface area is 343 Å². The van der Waals surface area contributed by atoms with Gasteiger partial charge in [0.25, 0.3) is 0 Å². The highest BCUT2D eigenvalue weighted by Gasteiger charge is 2.23. The maximum absolute atomic E-state index is 9.32. The average molecular weight is 730 g/mol. The van der Waals surface area contributed by atoms with Crippen molar-refractivity contribution in [1.29, 1.82) is 0 Å². The Hall–Kier alpha value is -7.63. The lowest BCUT2D eigenvalue weighted by Gasteiger charge is -2.12. The molecule has 0 unspecified atom stereocenters. The average Bonchev–Trinajstić information content (AvgIpc) is 3.90. The fourth-order valence-corrected chi connectivity index (χ4v) is 7.42. The Morgan fingerprint density at radius 2 is 0.946 bits per heavy atom. The summed E-state index contributed by atoms with van der Waals surface area (Å²) in [6.07, 6.45) is 0. The van der Waals surface area contributed by atoms with Gasteiger partial charge < -0.3 is 4.57 Å². The molecule has 0 aliphatic rings. The van der Waals surface area contributed by atoms with E-state index in [1.807, 2.05) is 78.9 Å². The van der Waals surface area contributed by atoms with Crippen LogP contribution in [0.2, 0.25) is 0 Å². The maximum Gasteiger partial charge on any atom is 0.238 e. The van der Waals surface area contributed by atoms with Crippen molar-refractivity contribution in [2.75, 3.05) is 0 Å². The van der Waals surface area contributed by atoms with Gasteiger partial charge in [-0.2, -0.15) is 9.97 Å². The number of rotatable bonds is 6. The fraction of sp³-hybridized carbons (Fsp3) is 0. The molecule has 0 aliphatic heterocycles. The van der Waals surface area contributed by atoms with E-state index in [1.165, 1.54) is 0 Å². The van der Waals surface area contributed by atoms with Crippen molar-refractivity contribution in [2.24, 2.45) is 0 Å². The first-order valence-corrected chi connectivity index (χ1v) is 17.7. The summed E-state index contributed by atoms with van der Waals surface area (Å²) in [5.41, 5.74) is 3.91. The molecule has 0 amide bonds. The normalized spacial score (nSPS) is 15.1. The zero-order valence-electron chi connectivity index (χ0n) is 43.2. The highest BCUT2D eigenvalue weighted by molar-refractivity contribution is 6.26. The van der Waals surface area contributed by atoms with Crippen LogP contribution in [0.3, 0.4) is 0 Å². The summed E-state index contributed by atoms with van der Waals surface area (Å²) in [6.45, 7) is 0. The number of benzene rings is 8. The first-order chi connectivity index (χ1) is 33.6. The second-order valence-corrected chi connectivity index (χ2v) is 13.0. The van der Waals surface area contributed by atoms with Gasteiger partial charge in [0, 0.05) is 38.4 Å². The summed E-state index contributed by atoms with van der Waals surface area (Å²) >= 11 is 0. The maximum atomic E-state index is 9.32. The van der Waals surface area contributed by atoms with Crippen LogP contribution in [0.1, 0.15) is 19.2 Å². The van der Waals surface area contributed by atoms with Crippen molar-refractivity contribution < 1.29 is 19.2 Å². The van der Waals surface area contributed by atoms with Crippen molar-refractivity contribution in [1.82, 2.24) is 24.1 Å². The molecule has 5 nitrogen and oxygen atoms in total. The van der Waals surface area contributed by atoms with Crippen LogP contribution in [0.15, 0.2) is 200 Å². The molecule has 11 rings (SSSR count). The van der Waals surface area contributed by atoms with E-state index in [1.54, 1.807) is 4.57 Å². The number of nitrogens with zero attached hydrogens (tertiary/aromatic N) is 5. The summed E-state index contributed by atoms with van der Waals surface area (Å²) in [6, 6.07) is 27.9. The number of hydrogen-bond acceptors (Lipinski definition) is 3. The molecule has 0 N–H and O–H groups in total. The van der Waals surface area contributed by atoms with Gasteiger partial charge in [-0.3, -0.25) is 4.57 Å². The van der Waals surface area contributed by atoms with Crippen molar-refractivity contribution in [2.45, 2.75) is 0 Å². The molecule has 8 aromatic carbocycles. The minimum absolute atomic E-state index is 0.155. The quantitative estimate of drug-likeness (QED) is 0.171. The molecule has 3 heterocycles. The molecule has 56 heavy (non-hydrogen) atoms. The zero-order chi connectivity index (χ0) is 49.2. The highest BCUT2D eigenvalue weighted by Crippen LogP contribution is 2.42. The molecule has 0 aliphatic carbocycles. The minimum Gasteiger partial charge on any atom is -0.309 e. The second-order valence-electron chi connectivity index (χ2n) is 13.0. The van der Waals surface area contributed by atoms with Crippen LogP contribution < -0.4 is 0 Å². The van der Waals surface area contributed by atoms with Gasteiger partial charge in [0.1, 0.15) is 0 Å². The van der Waals surface area contributed by atoms with Crippen LogP contribution in [0, 0.1) is 0 Å². The largest absolute Gasteiger partial charge is 0.309 e. The van der Waals surface area contributed by atoms with E-state index in [0.29, 0.717) is 11.0 Å². The van der Waals surface area contributed by atoms with Gasteiger partial charge >= 0.3 is 0 Å². The van der Waals surface area contributed by atoms with Gasteiger partial charge in [-0.05, 0) is 52.6 Å². The predicted molar refractivity (Wildman–Crippen MR) is 230 cm³/mol. The summed E-state index contributed by atoms with van der Waals surface area (Å²) < 4.78 is 126. The Balaban J connectivity index is 1.24. The van der Waals surface area contributed by atoms with Crippen molar-refractivity contribution >= 4 is 43.6 Å². The molecule has 11 aromatic rings. The third-order valence-corrected chi connectivity index (χ3v) is 9.83. The topological polar surface area (TPSA) is 48.5 Å². The standard InChI is InChI=1S/C51H33N5/c1-4-15-34(16-5-1)36-27-29-38(30-28-36)50-52-49(37-19-8-3-9-20-37)53-51(54-50)56-45-26-13-11-24-43(45)47-46(56)32-31-42-41-23-10-12-25-44(41)55(48(42)47)40-22-14-21-39(33-40)35-17-6-2-7-18-35/h1-33H/i1D,3D,4D,5D,8D,9D,15D,16D,19D,20D,27D,28D,29D,30D. The van der Waals surface area contributed by atoms with Crippen LogP contribution >= 0.6 is 0 Å². The third kappa shape index (κ3) is 5.21. The van der Waals surface area contributed by atoms with Gasteiger partial charge in [-0.1, -0.05) is 170 Å². The lowest BCUT2D eigenvalue weighted by molar-refractivity contribution is 0.953. The first kappa shape index (κ1) is 20.7. The number of para-hydroxylation sites is 2. The molecular formula is C51H33N5. The molecule has 0 fully saturated rings. The van der Waals surface area contributed by atoms with Gasteiger partial charge in [0.2, 0.25) is 5.95 Å². The molecule has 0 radical (unpaired) electrons. The van der Waals surface area contributed by atoms with Gasteiger partial charge in [0.05, 0.1) is 41.3 Å². The SMILES string of the molecule is [2H]c1c([2H])c([2H])c(-c2nc(-c3c([2H])c([2H])c(-c4c([2H])c([2H])c([2H])c([2H])c4[2H])c([2H])c3[2H])nc(-n3c4ccccc4c4c3ccc3c5ccccc5n(-c5cccc(-c6ccccc6)c5)c34)n2)c([2H])c1[2H]. The Morgan fingerprint density at radius 1 is 0.375 bits per heavy atom. The molecule has 0 atom stereocenters. The van der Waals surface area contributed by atoms with Crippen LogP contribution in [0.25, 0.3) is 100 Å². The third-order valence-electron chi connectivity index (χ3n) is 9.83. The molecule has 0 saturated carbocycles. The number of aromatic nitrogens is 5. The van der Waals surface area contributed by atoms with Crippen molar-refractivity contribution in [3.63, 3.8) is 0 Å². The Bertz CT molecular complexity index is 3990. The summed E-state index contributed by atoms with van der Waals surface area (Å²) in [5, 5.41) is 3.48. The molecule has 0 saturated heterocycles. The smallest absolute Gasteiger partial charge is 0.238 e. The number of fused-ring (bicyclic) bond motifs is 7. The van der Waals surface area contributed by atoms with Crippen LogP contribution in [-0.4, -0.2) is 24.1 Å². The van der Waals surface area contributed by atoms with E-state index in [9.17, 15) is 2.74 Å². The summed E-state index contributed by atoms with van der Waals surface area (Å²) in [7, 11) is 0. The molecule has 5 heteroatoms. The second kappa shape index (κ2) is 13.0. The van der Waals surface area contributed by atoms with Gasteiger partial charge in [-0.15, -0.1) is 0 Å². The van der Waals surface area contributed by atoms with Crippen molar-refractivity contribution in [3.05, 3.63) is 200 Å². The fourth-order valence-electron chi connectivity index (χ4n) is 7.42. The van der Waals surface area contributed by atoms with E-state index in [0.717, 1.165) is 49.4 Å².